The van der Waals surface area contributed by atoms with Crippen molar-refractivity contribution in [2.24, 2.45) is 0 Å². The van der Waals surface area contributed by atoms with Crippen molar-refractivity contribution < 1.29 is 4.79 Å². The zero-order valence-electron chi connectivity index (χ0n) is 10.3. The summed E-state index contributed by atoms with van der Waals surface area (Å²) in [6.07, 6.45) is 6.04. The Morgan fingerprint density at radius 3 is 3.18 bits per heavy atom. The van der Waals surface area contributed by atoms with Gasteiger partial charge >= 0.3 is 0 Å². The normalized spacial score (nSPS) is 20.2. The molecule has 1 aromatic heterocycles. The molecule has 5 heteroatoms. The highest BCUT2D eigenvalue weighted by Crippen LogP contribution is 2.23. The molecule has 2 heterocycles. The lowest BCUT2D eigenvalue weighted by molar-refractivity contribution is 0.0951. The highest BCUT2D eigenvalue weighted by molar-refractivity contribution is 5.95. The maximum Gasteiger partial charge on any atom is 0.254 e. The SMILES string of the molecule is CCCNC(=O)c1cn[nH]c1C1CCCCN1. The summed E-state index contributed by atoms with van der Waals surface area (Å²) in [5.41, 5.74) is 1.61. The van der Waals surface area contributed by atoms with Gasteiger partial charge in [0.2, 0.25) is 0 Å². The van der Waals surface area contributed by atoms with Crippen LogP contribution < -0.4 is 10.6 Å². The van der Waals surface area contributed by atoms with Crippen LogP contribution in [0.2, 0.25) is 0 Å². The van der Waals surface area contributed by atoms with Gasteiger partial charge in [0.1, 0.15) is 0 Å². The third-order valence-corrected chi connectivity index (χ3v) is 3.11. The van der Waals surface area contributed by atoms with Gasteiger partial charge in [-0.05, 0) is 25.8 Å². The lowest BCUT2D eigenvalue weighted by Crippen LogP contribution is -2.30. The average molecular weight is 236 g/mol. The van der Waals surface area contributed by atoms with Crippen LogP contribution in [0.5, 0.6) is 0 Å². The van der Waals surface area contributed by atoms with Gasteiger partial charge in [-0.3, -0.25) is 9.89 Å². The van der Waals surface area contributed by atoms with Gasteiger partial charge in [-0.25, -0.2) is 0 Å². The number of H-pyrrole nitrogens is 1. The number of carbonyl (C=O) groups excluding carboxylic acids is 1. The molecule has 1 amide bonds. The molecule has 1 fully saturated rings. The van der Waals surface area contributed by atoms with Gasteiger partial charge in [0.25, 0.3) is 5.91 Å². The summed E-state index contributed by atoms with van der Waals surface area (Å²) in [5, 5.41) is 13.3. The molecule has 0 bridgehead atoms. The van der Waals surface area contributed by atoms with Crippen LogP contribution in [0.25, 0.3) is 0 Å². The fourth-order valence-electron chi connectivity index (χ4n) is 2.17. The molecule has 94 valence electrons. The zero-order chi connectivity index (χ0) is 12.1. The van der Waals surface area contributed by atoms with Gasteiger partial charge in [-0.15, -0.1) is 0 Å². The van der Waals surface area contributed by atoms with Crippen LogP contribution in [0, 0.1) is 0 Å². The van der Waals surface area contributed by atoms with Crippen molar-refractivity contribution in [3.05, 3.63) is 17.5 Å². The van der Waals surface area contributed by atoms with Crippen molar-refractivity contribution in [3.8, 4) is 0 Å². The van der Waals surface area contributed by atoms with E-state index in [9.17, 15) is 4.79 Å². The number of hydrogen-bond donors (Lipinski definition) is 3. The van der Waals surface area contributed by atoms with Crippen LogP contribution in [0.1, 0.15) is 54.7 Å². The van der Waals surface area contributed by atoms with Gasteiger partial charge in [0, 0.05) is 12.6 Å². The quantitative estimate of drug-likeness (QED) is 0.739. The number of nitrogens with zero attached hydrogens (tertiary/aromatic N) is 1. The van der Waals surface area contributed by atoms with Gasteiger partial charge < -0.3 is 10.6 Å². The van der Waals surface area contributed by atoms with Crippen molar-refractivity contribution in [1.29, 1.82) is 0 Å². The molecule has 17 heavy (non-hydrogen) atoms. The Hall–Kier alpha value is -1.36. The average Bonchev–Trinajstić information content (AvgIpc) is 2.86. The second-order valence-electron chi connectivity index (χ2n) is 4.46. The summed E-state index contributed by atoms with van der Waals surface area (Å²) in [7, 11) is 0. The van der Waals surface area contributed by atoms with Crippen LogP contribution in [-0.2, 0) is 0 Å². The molecule has 0 saturated carbocycles. The molecule has 0 spiro atoms. The molecule has 1 saturated heterocycles. The number of rotatable bonds is 4. The molecule has 0 aromatic carbocycles. The highest BCUT2D eigenvalue weighted by atomic mass is 16.1. The lowest BCUT2D eigenvalue weighted by atomic mass is 9.99. The summed E-state index contributed by atoms with van der Waals surface area (Å²) in [6.45, 7) is 3.76. The van der Waals surface area contributed by atoms with E-state index in [1.54, 1.807) is 6.20 Å². The molecular formula is C12H20N4O. The Morgan fingerprint density at radius 1 is 1.59 bits per heavy atom. The number of piperidine rings is 1. The van der Waals surface area contributed by atoms with E-state index in [0.29, 0.717) is 12.1 Å². The molecule has 5 nitrogen and oxygen atoms in total. The second-order valence-corrected chi connectivity index (χ2v) is 4.46. The van der Waals surface area contributed by atoms with E-state index in [2.05, 4.69) is 20.8 Å². The number of nitrogens with one attached hydrogen (secondary N) is 3. The van der Waals surface area contributed by atoms with Gasteiger partial charge in [-0.2, -0.15) is 5.10 Å². The topological polar surface area (TPSA) is 69.8 Å². The van der Waals surface area contributed by atoms with E-state index in [1.807, 2.05) is 6.92 Å². The summed E-state index contributed by atoms with van der Waals surface area (Å²) >= 11 is 0. The second kappa shape index (κ2) is 5.82. The van der Waals surface area contributed by atoms with Crippen LogP contribution >= 0.6 is 0 Å². The highest BCUT2D eigenvalue weighted by Gasteiger charge is 2.22. The fourth-order valence-corrected chi connectivity index (χ4v) is 2.17. The fraction of sp³-hybridized carbons (Fsp3) is 0.667. The third-order valence-electron chi connectivity index (χ3n) is 3.11. The molecule has 1 aliphatic rings. The van der Waals surface area contributed by atoms with E-state index < -0.39 is 0 Å². The smallest absolute Gasteiger partial charge is 0.254 e. The summed E-state index contributed by atoms with van der Waals surface area (Å²) in [6, 6.07) is 0.244. The first kappa shape index (κ1) is 12.1. The molecule has 1 aliphatic heterocycles. The van der Waals surface area contributed by atoms with Gasteiger partial charge in [-0.1, -0.05) is 13.3 Å². The predicted molar refractivity (Wildman–Crippen MR) is 65.8 cm³/mol. The largest absolute Gasteiger partial charge is 0.352 e. The molecule has 1 aromatic rings. The zero-order valence-corrected chi connectivity index (χ0v) is 10.3. The monoisotopic (exact) mass is 236 g/mol. The van der Waals surface area contributed by atoms with Gasteiger partial charge in [0.15, 0.2) is 0 Å². The number of carbonyl (C=O) groups is 1. The first-order chi connectivity index (χ1) is 8.33. The van der Waals surface area contributed by atoms with Crippen molar-refractivity contribution in [3.63, 3.8) is 0 Å². The number of amides is 1. The lowest BCUT2D eigenvalue weighted by Gasteiger charge is -2.23. The minimum absolute atomic E-state index is 0.0250. The Balaban J connectivity index is 2.07. The number of hydrogen-bond acceptors (Lipinski definition) is 3. The first-order valence-electron chi connectivity index (χ1n) is 6.37. The molecule has 0 aliphatic carbocycles. The van der Waals surface area contributed by atoms with E-state index in [4.69, 9.17) is 0 Å². The number of aromatic amines is 1. The minimum Gasteiger partial charge on any atom is -0.352 e. The molecule has 0 radical (unpaired) electrons. The summed E-state index contributed by atoms with van der Waals surface area (Å²) in [5.74, 6) is -0.0250. The Kier molecular flexibility index (Phi) is 4.14. The Morgan fingerprint density at radius 2 is 2.47 bits per heavy atom. The molecular weight excluding hydrogens is 216 g/mol. The summed E-state index contributed by atoms with van der Waals surface area (Å²) < 4.78 is 0. The molecule has 1 atom stereocenters. The van der Waals surface area contributed by atoms with E-state index in [1.165, 1.54) is 12.8 Å². The van der Waals surface area contributed by atoms with E-state index in [0.717, 1.165) is 25.1 Å². The number of aromatic nitrogens is 2. The van der Waals surface area contributed by atoms with Crippen molar-refractivity contribution in [2.75, 3.05) is 13.1 Å². The van der Waals surface area contributed by atoms with Crippen molar-refractivity contribution in [2.45, 2.75) is 38.6 Å². The van der Waals surface area contributed by atoms with Crippen LogP contribution in [-0.4, -0.2) is 29.2 Å². The molecule has 1 unspecified atom stereocenters. The van der Waals surface area contributed by atoms with Crippen molar-refractivity contribution in [1.82, 2.24) is 20.8 Å². The Labute approximate surface area is 101 Å². The third kappa shape index (κ3) is 2.85. The standard InChI is InChI=1S/C12H20N4O/c1-2-6-14-12(17)9-8-15-16-11(9)10-5-3-4-7-13-10/h8,10,13H,2-7H2,1H3,(H,14,17)(H,15,16). The minimum atomic E-state index is -0.0250. The predicted octanol–water partition coefficient (Wildman–Crippen LogP) is 1.36. The summed E-state index contributed by atoms with van der Waals surface area (Å²) in [4.78, 5) is 11.9. The molecule has 2 rings (SSSR count). The first-order valence-corrected chi connectivity index (χ1v) is 6.37. The molecule has 3 N–H and O–H groups in total. The van der Waals surface area contributed by atoms with E-state index in [-0.39, 0.29) is 11.9 Å². The van der Waals surface area contributed by atoms with Gasteiger partial charge in [0.05, 0.1) is 17.5 Å². The van der Waals surface area contributed by atoms with Crippen LogP contribution in [0.4, 0.5) is 0 Å². The maximum absolute atomic E-state index is 11.9. The van der Waals surface area contributed by atoms with Crippen LogP contribution in [0.3, 0.4) is 0 Å². The Bertz CT molecular complexity index is 368. The van der Waals surface area contributed by atoms with E-state index >= 15 is 0 Å². The van der Waals surface area contributed by atoms with Crippen LogP contribution in [0.15, 0.2) is 6.20 Å². The van der Waals surface area contributed by atoms with Crippen molar-refractivity contribution >= 4 is 5.91 Å². The maximum atomic E-state index is 11.9.